The van der Waals surface area contributed by atoms with Crippen molar-refractivity contribution in [2.45, 2.75) is 6.42 Å². The summed E-state index contributed by atoms with van der Waals surface area (Å²) in [5.74, 6) is 0. The summed E-state index contributed by atoms with van der Waals surface area (Å²) in [6.07, 6.45) is 3.99. The van der Waals surface area contributed by atoms with Crippen molar-refractivity contribution in [3.05, 3.63) is 12.3 Å². The molecule has 7 heavy (non-hydrogen) atoms. The molecule has 0 fully saturated rings. The highest BCUT2D eigenvalue weighted by Gasteiger charge is 1.95. The first-order valence-electron chi connectivity index (χ1n) is 2.25. The topological polar surface area (TPSA) is 33.1 Å². The van der Waals surface area contributed by atoms with E-state index < -0.39 is 0 Å². The third kappa shape index (κ3) is 1.03. The average molecular weight is 97.1 g/mol. The van der Waals surface area contributed by atoms with E-state index in [1.54, 1.807) is 12.3 Å². The van der Waals surface area contributed by atoms with Gasteiger partial charge in [0.15, 0.2) is 0 Å². The molecule has 1 rings (SSSR count). The van der Waals surface area contributed by atoms with Crippen LogP contribution in [0.25, 0.3) is 0 Å². The third-order valence-corrected chi connectivity index (χ3v) is 0.855. The SMILES string of the molecule is N=C1C=COCC1. The van der Waals surface area contributed by atoms with Crippen molar-refractivity contribution in [3.63, 3.8) is 0 Å². The minimum atomic E-state index is 0.659. The molecule has 2 nitrogen and oxygen atoms in total. The van der Waals surface area contributed by atoms with Gasteiger partial charge in [-0.05, 0) is 6.08 Å². The summed E-state index contributed by atoms with van der Waals surface area (Å²) >= 11 is 0. The van der Waals surface area contributed by atoms with E-state index in [-0.39, 0.29) is 0 Å². The number of hydrogen-bond acceptors (Lipinski definition) is 2. The second-order valence-electron chi connectivity index (χ2n) is 1.45. The van der Waals surface area contributed by atoms with E-state index in [9.17, 15) is 0 Å². The number of allylic oxidation sites excluding steroid dienone is 1. The van der Waals surface area contributed by atoms with Crippen LogP contribution >= 0.6 is 0 Å². The van der Waals surface area contributed by atoms with Gasteiger partial charge >= 0.3 is 0 Å². The van der Waals surface area contributed by atoms with Gasteiger partial charge in [0.2, 0.25) is 0 Å². The molecule has 0 aromatic heterocycles. The van der Waals surface area contributed by atoms with Crippen LogP contribution in [-0.2, 0) is 4.74 Å². The largest absolute Gasteiger partial charge is 0.501 e. The fourth-order valence-electron chi connectivity index (χ4n) is 0.451. The average Bonchev–Trinajstić information content (AvgIpc) is 1.69. The zero-order chi connectivity index (χ0) is 5.11. The molecule has 0 saturated carbocycles. The van der Waals surface area contributed by atoms with E-state index in [2.05, 4.69) is 0 Å². The van der Waals surface area contributed by atoms with Crippen molar-refractivity contribution >= 4 is 5.71 Å². The molecule has 0 aromatic rings. The molecule has 0 amide bonds. The second-order valence-corrected chi connectivity index (χ2v) is 1.45. The summed E-state index contributed by atoms with van der Waals surface area (Å²) in [5, 5.41) is 7.02. The van der Waals surface area contributed by atoms with Crippen LogP contribution in [0.2, 0.25) is 0 Å². The molecule has 1 heterocycles. The highest BCUT2D eigenvalue weighted by Crippen LogP contribution is 1.94. The Morgan fingerprint density at radius 1 is 1.71 bits per heavy atom. The Morgan fingerprint density at radius 2 is 2.57 bits per heavy atom. The first kappa shape index (κ1) is 4.37. The number of nitrogens with one attached hydrogen (secondary N) is 1. The summed E-state index contributed by atoms with van der Waals surface area (Å²) < 4.78 is 4.82. The van der Waals surface area contributed by atoms with Crippen molar-refractivity contribution in [1.29, 1.82) is 5.41 Å². The van der Waals surface area contributed by atoms with E-state index in [4.69, 9.17) is 10.1 Å². The number of ether oxygens (including phenoxy) is 1. The van der Waals surface area contributed by atoms with Gasteiger partial charge in [-0.25, -0.2) is 0 Å². The summed E-state index contributed by atoms with van der Waals surface area (Å²) in [7, 11) is 0. The van der Waals surface area contributed by atoms with Crippen LogP contribution in [0.4, 0.5) is 0 Å². The molecular formula is C5H7NO. The van der Waals surface area contributed by atoms with Gasteiger partial charge in [0, 0.05) is 12.1 Å². The zero-order valence-corrected chi connectivity index (χ0v) is 3.98. The molecule has 38 valence electrons. The quantitative estimate of drug-likeness (QED) is 0.479. The summed E-state index contributed by atoms with van der Waals surface area (Å²) in [6, 6.07) is 0. The minimum absolute atomic E-state index is 0.659. The maximum Gasteiger partial charge on any atom is 0.0928 e. The van der Waals surface area contributed by atoms with Gasteiger partial charge in [-0.1, -0.05) is 0 Å². The van der Waals surface area contributed by atoms with E-state index in [1.165, 1.54) is 0 Å². The fraction of sp³-hybridized carbons (Fsp3) is 0.400. The van der Waals surface area contributed by atoms with Crippen LogP contribution < -0.4 is 0 Å². The standard InChI is InChI=1S/C5H7NO/c6-5-1-3-7-4-2-5/h1,3,6H,2,4H2. The first-order chi connectivity index (χ1) is 3.39. The van der Waals surface area contributed by atoms with Crippen molar-refractivity contribution in [1.82, 2.24) is 0 Å². The second kappa shape index (κ2) is 1.78. The Hall–Kier alpha value is -0.790. The Kier molecular flexibility index (Phi) is 1.11. The minimum Gasteiger partial charge on any atom is -0.501 e. The maximum atomic E-state index is 7.02. The van der Waals surface area contributed by atoms with E-state index in [1.807, 2.05) is 0 Å². The van der Waals surface area contributed by atoms with E-state index in [0.29, 0.717) is 12.3 Å². The Morgan fingerprint density at radius 3 is 2.86 bits per heavy atom. The lowest BCUT2D eigenvalue weighted by molar-refractivity contribution is 0.254. The first-order valence-corrected chi connectivity index (χ1v) is 2.25. The normalized spacial score (nSPS) is 19.1. The molecule has 0 bridgehead atoms. The third-order valence-electron chi connectivity index (χ3n) is 0.855. The van der Waals surface area contributed by atoms with Gasteiger partial charge in [-0.15, -0.1) is 0 Å². The van der Waals surface area contributed by atoms with E-state index >= 15 is 0 Å². The highest BCUT2D eigenvalue weighted by molar-refractivity contribution is 5.92. The molecule has 0 unspecified atom stereocenters. The van der Waals surface area contributed by atoms with Crippen LogP contribution in [-0.4, -0.2) is 12.3 Å². The summed E-state index contributed by atoms with van der Waals surface area (Å²) in [5.41, 5.74) is 0.659. The fourth-order valence-corrected chi connectivity index (χ4v) is 0.451. The molecule has 0 spiro atoms. The molecule has 0 aromatic carbocycles. The van der Waals surface area contributed by atoms with Gasteiger partial charge in [-0.3, -0.25) is 0 Å². The summed E-state index contributed by atoms with van der Waals surface area (Å²) in [6.45, 7) is 0.676. The highest BCUT2D eigenvalue weighted by atomic mass is 16.5. The lowest BCUT2D eigenvalue weighted by Crippen LogP contribution is -2.02. The maximum absolute atomic E-state index is 7.02. The molecule has 2 heteroatoms. The predicted molar refractivity (Wildman–Crippen MR) is 27.4 cm³/mol. The molecule has 0 radical (unpaired) electrons. The molecule has 0 saturated heterocycles. The molecule has 1 N–H and O–H groups in total. The van der Waals surface area contributed by atoms with Gasteiger partial charge < -0.3 is 10.1 Å². The number of rotatable bonds is 0. The van der Waals surface area contributed by atoms with Crippen molar-refractivity contribution in [3.8, 4) is 0 Å². The van der Waals surface area contributed by atoms with Crippen LogP contribution in [0.5, 0.6) is 0 Å². The lowest BCUT2D eigenvalue weighted by atomic mass is 10.2. The molecule has 0 aliphatic carbocycles. The molecule has 0 atom stereocenters. The zero-order valence-electron chi connectivity index (χ0n) is 3.98. The molecule has 1 aliphatic heterocycles. The Labute approximate surface area is 42.3 Å². The molecule has 1 aliphatic rings. The van der Waals surface area contributed by atoms with E-state index in [0.717, 1.165) is 6.42 Å². The monoisotopic (exact) mass is 97.1 g/mol. The van der Waals surface area contributed by atoms with Crippen molar-refractivity contribution in [2.75, 3.05) is 6.61 Å². The van der Waals surface area contributed by atoms with Gasteiger partial charge in [0.05, 0.1) is 12.9 Å². The Bertz CT molecular complexity index is 107. The van der Waals surface area contributed by atoms with Crippen LogP contribution in [0.1, 0.15) is 6.42 Å². The van der Waals surface area contributed by atoms with Crippen molar-refractivity contribution in [2.24, 2.45) is 0 Å². The van der Waals surface area contributed by atoms with Crippen LogP contribution in [0, 0.1) is 5.41 Å². The predicted octanol–water partition coefficient (Wildman–Crippen LogP) is 0.940. The Balaban J connectivity index is 2.51. The lowest BCUT2D eigenvalue weighted by Gasteiger charge is -2.03. The van der Waals surface area contributed by atoms with Gasteiger partial charge in [0.25, 0.3) is 0 Å². The van der Waals surface area contributed by atoms with Crippen LogP contribution in [0.15, 0.2) is 12.3 Å². The smallest absolute Gasteiger partial charge is 0.0928 e. The number of hydrogen-bond donors (Lipinski definition) is 1. The molecular weight excluding hydrogens is 90.1 g/mol. The van der Waals surface area contributed by atoms with Crippen LogP contribution in [0.3, 0.4) is 0 Å². The summed E-state index contributed by atoms with van der Waals surface area (Å²) in [4.78, 5) is 0. The van der Waals surface area contributed by atoms with Crippen molar-refractivity contribution < 1.29 is 4.74 Å². The van der Waals surface area contributed by atoms with Gasteiger partial charge in [-0.2, -0.15) is 0 Å². The van der Waals surface area contributed by atoms with Gasteiger partial charge in [0.1, 0.15) is 0 Å².